The molecule has 0 saturated carbocycles. The first-order valence-corrected chi connectivity index (χ1v) is 6.95. The van der Waals surface area contributed by atoms with E-state index in [0.717, 1.165) is 42.6 Å². The number of aromatic nitrogens is 1. The van der Waals surface area contributed by atoms with Crippen LogP contribution >= 0.6 is 15.9 Å². The van der Waals surface area contributed by atoms with Crippen LogP contribution in [0.2, 0.25) is 0 Å². The van der Waals surface area contributed by atoms with Crippen LogP contribution in [0, 0.1) is 0 Å². The molecule has 1 aromatic rings. The highest BCUT2D eigenvalue weighted by atomic mass is 79.9. The van der Waals surface area contributed by atoms with Crippen molar-refractivity contribution in [2.24, 2.45) is 0 Å². The van der Waals surface area contributed by atoms with Crippen molar-refractivity contribution < 1.29 is 9.47 Å². The summed E-state index contributed by atoms with van der Waals surface area (Å²) in [6, 6.07) is 0. The number of ether oxygens (including phenoxy) is 2. The second-order valence-corrected chi connectivity index (χ2v) is 5.05. The number of halogens is 1. The second-order valence-electron chi connectivity index (χ2n) is 4.25. The first-order chi connectivity index (χ1) is 8.27. The standard InChI is InChI=1S/C13H18BrNO2/c1-3-4-8-17-12-10-7-5-6-9(10)11(14)13(15-12)16-2/h3-8H2,1-2H3. The Morgan fingerprint density at radius 1 is 1.24 bits per heavy atom. The van der Waals surface area contributed by atoms with Crippen molar-refractivity contribution in [2.75, 3.05) is 13.7 Å². The SMILES string of the molecule is CCCCOc1nc(OC)c(Br)c2c1CCC2. The summed E-state index contributed by atoms with van der Waals surface area (Å²) in [6.45, 7) is 2.89. The molecule has 0 saturated heterocycles. The molecule has 1 aliphatic carbocycles. The molecule has 0 spiro atoms. The Hall–Kier alpha value is -0.770. The molecule has 2 rings (SSSR count). The maximum Gasteiger partial charge on any atom is 0.231 e. The van der Waals surface area contributed by atoms with Gasteiger partial charge < -0.3 is 9.47 Å². The smallest absolute Gasteiger partial charge is 0.231 e. The number of nitrogens with zero attached hydrogens (tertiary/aromatic N) is 1. The van der Waals surface area contributed by atoms with Crippen molar-refractivity contribution in [3.63, 3.8) is 0 Å². The minimum absolute atomic E-state index is 0.636. The molecule has 0 N–H and O–H groups in total. The lowest BCUT2D eigenvalue weighted by molar-refractivity contribution is 0.287. The summed E-state index contributed by atoms with van der Waals surface area (Å²) in [5, 5.41) is 0. The van der Waals surface area contributed by atoms with Crippen LogP contribution in [-0.4, -0.2) is 18.7 Å². The molecule has 1 aliphatic rings. The first-order valence-electron chi connectivity index (χ1n) is 6.16. The molecule has 0 atom stereocenters. The number of fused-ring (bicyclic) bond motifs is 1. The summed E-state index contributed by atoms with van der Waals surface area (Å²) in [5.74, 6) is 1.41. The number of methoxy groups -OCH3 is 1. The van der Waals surface area contributed by atoms with Gasteiger partial charge in [0.05, 0.1) is 18.2 Å². The van der Waals surface area contributed by atoms with Gasteiger partial charge in [-0.3, -0.25) is 0 Å². The van der Waals surface area contributed by atoms with Crippen LogP contribution in [0.3, 0.4) is 0 Å². The summed E-state index contributed by atoms with van der Waals surface area (Å²) in [7, 11) is 1.64. The summed E-state index contributed by atoms with van der Waals surface area (Å²) >= 11 is 3.57. The lowest BCUT2D eigenvalue weighted by Crippen LogP contribution is -2.04. The molecule has 0 amide bonds. The van der Waals surface area contributed by atoms with Gasteiger partial charge in [-0.1, -0.05) is 13.3 Å². The van der Waals surface area contributed by atoms with Gasteiger partial charge >= 0.3 is 0 Å². The highest BCUT2D eigenvalue weighted by Gasteiger charge is 2.23. The molecule has 1 aromatic heterocycles. The molecule has 3 nitrogen and oxygen atoms in total. The van der Waals surface area contributed by atoms with Gasteiger partial charge in [0.15, 0.2) is 0 Å². The quantitative estimate of drug-likeness (QED) is 0.780. The maximum atomic E-state index is 5.77. The molecule has 17 heavy (non-hydrogen) atoms. The topological polar surface area (TPSA) is 31.4 Å². The van der Waals surface area contributed by atoms with E-state index in [0.29, 0.717) is 5.88 Å². The lowest BCUT2D eigenvalue weighted by atomic mass is 10.2. The Morgan fingerprint density at radius 2 is 2.00 bits per heavy atom. The molecule has 4 heteroatoms. The minimum atomic E-state index is 0.636. The fourth-order valence-electron chi connectivity index (χ4n) is 2.13. The third-order valence-corrected chi connectivity index (χ3v) is 3.88. The van der Waals surface area contributed by atoms with E-state index in [9.17, 15) is 0 Å². The Bertz CT molecular complexity index is 407. The highest BCUT2D eigenvalue weighted by molar-refractivity contribution is 9.10. The third-order valence-electron chi connectivity index (χ3n) is 3.06. The van der Waals surface area contributed by atoms with E-state index in [4.69, 9.17) is 9.47 Å². The number of rotatable bonds is 5. The Kier molecular flexibility index (Phi) is 4.26. The zero-order valence-corrected chi connectivity index (χ0v) is 12.0. The average Bonchev–Trinajstić information content (AvgIpc) is 2.82. The van der Waals surface area contributed by atoms with E-state index in [1.54, 1.807) is 7.11 Å². The zero-order valence-electron chi connectivity index (χ0n) is 10.4. The van der Waals surface area contributed by atoms with Gasteiger partial charge in [-0.05, 0) is 47.2 Å². The zero-order chi connectivity index (χ0) is 12.3. The van der Waals surface area contributed by atoms with Crippen LogP contribution in [0.15, 0.2) is 4.47 Å². The van der Waals surface area contributed by atoms with Crippen LogP contribution in [0.25, 0.3) is 0 Å². The Labute approximate surface area is 111 Å². The van der Waals surface area contributed by atoms with Gasteiger partial charge in [-0.25, -0.2) is 0 Å². The van der Waals surface area contributed by atoms with Gasteiger partial charge in [0.1, 0.15) is 0 Å². The van der Waals surface area contributed by atoms with Crippen molar-refractivity contribution in [1.29, 1.82) is 0 Å². The van der Waals surface area contributed by atoms with Gasteiger partial charge in [0, 0.05) is 5.56 Å². The van der Waals surface area contributed by atoms with Gasteiger partial charge in [0.2, 0.25) is 11.8 Å². The molecular weight excluding hydrogens is 282 g/mol. The summed E-state index contributed by atoms with van der Waals surface area (Å²) in [6.07, 6.45) is 5.52. The van der Waals surface area contributed by atoms with E-state index in [1.807, 2.05) is 0 Å². The van der Waals surface area contributed by atoms with Gasteiger partial charge in [-0.15, -0.1) is 0 Å². The third kappa shape index (κ3) is 2.57. The van der Waals surface area contributed by atoms with E-state index in [-0.39, 0.29) is 0 Å². The molecule has 0 aromatic carbocycles. The molecule has 0 radical (unpaired) electrons. The van der Waals surface area contributed by atoms with Crippen molar-refractivity contribution in [1.82, 2.24) is 4.98 Å². The van der Waals surface area contributed by atoms with Crippen LogP contribution < -0.4 is 9.47 Å². The minimum Gasteiger partial charge on any atom is -0.480 e. The fourth-order valence-corrected chi connectivity index (χ4v) is 2.82. The van der Waals surface area contributed by atoms with Crippen molar-refractivity contribution in [3.8, 4) is 11.8 Å². The summed E-state index contributed by atoms with van der Waals surface area (Å²) in [4.78, 5) is 4.44. The highest BCUT2D eigenvalue weighted by Crippen LogP contribution is 2.39. The first kappa shape index (κ1) is 12.7. The Balaban J connectivity index is 2.28. The van der Waals surface area contributed by atoms with Crippen LogP contribution in [0.1, 0.15) is 37.3 Å². The fraction of sp³-hybridized carbons (Fsp3) is 0.615. The monoisotopic (exact) mass is 299 g/mol. The number of unbranched alkanes of at least 4 members (excludes halogenated alkanes) is 1. The van der Waals surface area contributed by atoms with Crippen LogP contribution in [-0.2, 0) is 12.8 Å². The van der Waals surface area contributed by atoms with Gasteiger partial charge in [-0.2, -0.15) is 4.98 Å². The van der Waals surface area contributed by atoms with Crippen LogP contribution in [0.5, 0.6) is 11.8 Å². The van der Waals surface area contributed by atoms with Crippen molar-refractivity contribution in [3.05, 3.63) is 15.6 Å². The molecule has 1 heterocycles. The average molecular weight is 300 g/mol. The van der Waals surface area contributed by atoms with Crippen molar-refractivity contribution in [2.45, 2.75) is 39.0 Å². The van der Waals surface area contributed by atoms with Crippen molar-refractivity contribution >= 4 is 15.9 Å². The van der Waals surface area contributed by atoms with Crippen LogP contribution in [0.4, 0.5) is 0 Å². The molecule has 0 aliphatic heterocycles. The number of pyridine rings is 1. The number of hydrogen-bond acceptors (Lipinski definition) is 3. The van der Waals surface area contributed by atoms with E-state index in [2.05, 4.69) is 27.8 Å². The maximum absolute atomic E-state index is 5.77. The second kappa shape index (κ2) is 5.71. The molecule has 0 bridgehead atoms. The molecule has 94 valence electrons. The predicted molar refractivity (Wildman–Crippen MR) is 70.9 cm³/mol. The summed E-state index contributed by atoms with van der Waals surface area (Å²) < 4.78 is 12.0. The summed E-state index contributed by atoms with van der Waals surface area (Å²) in [5.41, 5.74) is 2.57. The lowest BCUT2D eigenvalue weighted by Gasteiger charge is -2.13. The van der Waals surface area contributed by atoms with E-state index < -0.39 is 0 Å². The predicted octanol–water partition coefficient (Wildman–Crippen LogP) is 3.52. The van der Waals surface area contributed by atoms with Gasteiger partial charge in [0.25, 0.3) is 0 Å². The normalized spacial score (nSPS) is 13.6. The van der Waals surface area contributed by atoms with E-state index in [1.165, 1.54) is 17.5 Å². The Morgan fingerprint density at radius 3 is 2.71 bits per heavy atom. The molecule has 0 fully saturated rings. The molecule has 0 unspecified atom stereocenters. The molecular formula is C13H18BrNO2. The van der Waals surface area contributed by atoms with E-state index >= 15 is 0 Å². The number of hydrogen-bond donors (Lipinski definition) is 0. The largest absolute Gasteiger partial charge is 0.480 e.